The van der Waals surface area contributed by atoms with E-state index in [0.29, 0.717) is 12.2 Å². The van der Waals surface area contributed by atoms with Crippen LogP contribution in [0.3, 0.4) is 0 Å². The Kier molecular flexibility index (Phi) is 2.87. The minimum Gasteiger partial charge on any atom is -0.320 e. The zero-order valence-electron chi connectivity index (χ0n) is 9.07. The first kappa shape index (κ1) is 11.6. The molecule has 1 heterocycles. The Balaban J connectivity index is 2.17. The van der Waals surface area contributed by atoms with Gasteiger partial charge < -0.3 is 4.57 Å². The van der Waals surface area contributed by atoms with Crippen LogP contribution in [-0.2, 0) is 19.6 Å². The second-order valence-corrected chi connectivity index (χ2v) is 3.73. The fourth-order valence-corrected chi connectivity index (χ4v) is 1.46. The van der Waals surface area contributed by atoms with Crippen molar-refractivity contribution in [2.45, 2.75) is 12.6 Å². The van der Waals surface area contributed by atoms with Gasteiger partial charge >= 0.3 is 6.18 Å². The van der Waals surface area contributed by atoms with Crippen LogP contribution in [0.5, 0.6) is 0 Å². The molecule has 0 bridgehead atoms. The van der Waals surface area contributed by atoms with Gasteiger partial charge in [-0.05, 0) is 17.7 Å². The smallest absolute Gasteiger partial charge is 0.320 e. The van der Waals surface area contributed by atoms with Crippen LogP contribution < -0.4 is 0 Å². The standard InChI is InChI=1S/C11H10F3N3/c1-17-7-15-16-10(17)6-8-2-4-9(5-3-8)11(12,13)14/h2-5,7H,6H2,1H3. The molecule has 0 radical (unpaired) electrons. The highest BCUT2D eigenvalue weighted by atomic mass is 19.4. The number of benzene rings is 1. The van der Waals surface area contributed by atoms with E-state index in [4.69, 9.17) is 0 Å². The summed E-state index contributed by atoms with van der Waals surface area (Å²) in [5.74, 6) is 0.713. The third-order valence-electron chi connectivity index (χ3n) is 2.45. The van der Waals surface area contributed by atoms with Gasteiger partial charge in [-0.2, -0.15) is 13.2 Å². The molecule has 0 unspecified atom stereocenters. The summed E-state index contributed by atoms with van der Waals surface area (Å²) < 4.78 is 38.7. The van der Waals surface area contributed by atoms with Gasteiger partial charge in [0, 0.05) is 13.5 Å². The second kappa shape index (κ2) is 4.20. The van der Waals surface area contributed by atoms with Crippen molar-refractivity contribution >= 4 is 0 Å². The molecule has 0 fully saturated rings. The number of nitrogens with zero attached hydrogens (tertiary/aromatic N) is 3. The molecule has 17 heavy (non-hydrogen) atoms. The molecule has 0 spiro atoms. The molecule has 0 atom stereocenters. The predicted octanol–water partition coefficient (Wildman–Crippen LogP) is 2.42. The van der Waals surface area contributed by atoms with Gasteiger partial charge in [-0.1, -0.05) is 12.1 Å². The molecular formula is C11H10F3N3. The lowest BCUT2D eigenvalue weighted by molar-refractivity contribution is -0.137. The molecule has 0 aliphatic rings. The molecule has 0 amide bonds. The van der Waals surface area contributed by atoms with Crippen molar-refractivity contribution in [3.8, 4) is 0 Å². The quantitative estimate of drug-likeness (QED) is 0.808. The zero-order valence-corrected chi connectivity index (χ0v) is 9.07. The van der Waals surface area contributed by atoms with Gasteiger partial charge in [-0.3, -0.25) is 0 Å². The summed E-state index contributed by atoms with van der Waals surface area (Å²) >= 11 is 0. The summed E-state index contributed by atoms with van der Waals surface area (Å²) in [5.41, 5.74) is 0.133. The molecule has 2 rings (SSSR count). The zero-order chi connectivity index (χ0) is 12.5. The fraction of sp³-hybridized carbons (Fsp3) is 0.273. The Morgan fingerprint density at radius 2 is 1.82 bits per heavy atom. The van der Waals surface area contributed by atoms with Crippen LogP contribution in [0.4, 0.5) is 13.2 Å². The SMILES string of the molecule is Cn1cnnc1Cc1ccc(C(F)(F)F)cc1. The maximum absolute atomic E-state index is 12.3. The van der Waals surface area contributed by atoms with Crippen molar-refractivity contribution in [1.82, 2.24) is 14.8 Å². The fourth-order valence-electron chi connectivity index (χ4n) is 1.46. The van der Waals surface area contributed by atoms with E-state index >= 15 is 0 Å². The van der Waals surface area contributed by atoms with E-state index in [1.807, 2.05) is 0 Å². The van der Waals surface area contributed by atoms with Gasteiger partial charge in [0.25, 0.3) is 0 Å². The number of halogens is 3. The molecule has 1 aromatic carbocycles. The van der Waals surface area contributed by atoms with Crippen LogP contribution in [0.25, 0.3) is 0 Å². The Hall–Kier alpha value is -1.85. The molecule has 0 saturated carbocycles. The maximum Gasteiger partial charge on any atom is 0.416 e. The summed E-state index contributed by atoms with van der Waals surface area (Å²) in [6, 6.07) is 5.06. The molecule has 1 aromatic heterocycles. The van der Waals surface area contributed by atoms with Crippen molar-refractivity contribution in [3.05, 3.63) is 47.5 Å². The third kappa shape index (κ3) is 2.64. The molecule has 2 aromatic rings. The Morgan fingerprint density at radius 1 is 1.18 bits per heavy atom. The average Bonchev–Trinajstić information content (AvgIpc) is 2.64. The molecular weight excluding hydrogens is 231 g/mol. The van der Waals surface area contributed by atoms with E-state index in [9.17, 15) is 13.2 Å². The predicted molar refractivity (Wildman–Crippen MR) is 55.3 cm³/mol. The number of aromatic nitrogens is 3. The summed E-state index contributed by atoms with van der Waals surface area (Å²) in [4.78, 5) is 0. The molecule has 6 heteroatoms. The number of hydrogen-bond donors (Lipinski definition) is 0. The Labute approximate surface area is 95.9 Å². The van der Waals surface area contributed by atoms with Crippen molar-refractivity contribution in [1.29, 1.82) is 0 Å². The van der Waals surface area contributed by atoms with Crippen LogP contribution in [0.1, 0.15) is 17.0 Å². The lowest BCUT2D eigenvalue weighted by atomic mass is 10.1. The van der Waals surface area contributed by atoms with E-state index in [1.54, 1.807) is 17.9 Å². The molecule has 0 N–H and O–H groups in total. The first-order valence-electron chi connectivity index (χ1n) is 4.96. The average molecular weight is 241 g/mol. The van der Waals surface area contributed by atoms with Crippen molar-refractivity contribution < 1.29 is 13.2 Å². The highest BCUT2D eigenvalue weighted by Crippen LogP contribution is 2.29. The van der Waals surface area contributed by atoms with Crippen LogP contribution in [0, 0.1) is 0 Å². The number of aryl methyl sites for hydroxylation is 1. The molecule has 90 valence electrons. The molecule has 0 saturated heterocycles. The maximum atomic E-state index is 12.3. The number of hydrogen-bond acceptors (Lipinski definition) is 2. The minimum atomic E-state index is -4.29. The van der Waals surface area contributed by atoms with Crippen molar-refractivity contribution in [3.63, 3.8) is 0 Å². The van der Waals surface area contributed by atoms with Crippen LogP contribution in [0.15, 0.2) is 30.6 Å². The first-order chi connectivity index (χ1) is 7.97. The first-order valence-corrected chi connectivity index (χ1v) is 4.96. The molecule has 0 aliphatic heterocycles. The van der Waals surface area contributed by atoms with Gasteiger partial charge in [0.15, 0.2) is 0 Å². The monoisotopic (exact) mass is 241 g/mol. The topological polar surface area (TPSA) is 30.7 Å². The van der Waals surface area contributed by atoms with E-state index in [0.717, 1.165) is 17.7 Å². The Bertz CT molecular complexity index is 499. The van der Waals surface area contributed by atoms with E-state index in [2.05, 4.69) is 10.2 Å². The Morgan fingerprint density at radius 3 is 2.29 bits per heavy atom. The van der Waals surface area contributed by atoms with Gasteiger partial charge in [-0.25, -0.2) is 0 Å². The minimum absolute atomic E-state index is 0.467. The van der Waals surface area contributed by atoms with Crippen LogP contribution >= 0.6 is 0 Å². The lowest BCUT2D eigenvalue weighted by Gasteiger charge is -2.07. The molecule has 0 aliphatic carbocycles. The van der Waals surface area contributed by atoms with Gasteiger partial charge in [0.05, 0.1) is 5.56 Å². The summed E-state index contributed by atoms with van der Waals surface area (Å²) in [7, 11) is 1.79. The summed E-state index contributed by atoms with van der Waals surface area (Å²) in [5, 5.41) is 7.58. The van der Waals surface area contributed by atoms with E-state index in [-0.39, 0.29) is 0 Å². The van der Waals surface area contributed by atoms with Gasteiger partial charge in [-0.15, -0.1) is 10.2 Å². The highest BCUT2D eigenvalue weighted by Gasteiger charge is 2.29. The summed E-state index contributed by atoms with van der Waals surface area (Å²) in [6.07, 6.45) is -2.27. The van der Waals surface area contributed by atoms with Gasteiger partial charge in [0.1, 0.15) is 12.2 Å². The second-order valence-electron chi connectivity index (χ2n) is 3.73. The van der Waals surface area contributed by atoms with E-state index < -0.39 is 11.7 Å². The van der Waals surface area contributed by atoms with Crippen LogP contribution in [-0.4, -0.2) is 14.8 Å². The van der Waals surface area contributed by atoms with Crippen molar-refractivity contribution in [2.75, 3.05) is 0 Å². The van der Waals surface area contributed by atoms with E-state index in [1.165, 1.54) is 12.1 Å². The lowest BCUT2D eigenvalue weighted by Crippen LogP contribution is -2.05. The normalized spacial score (nSPS) is 11.8. The van der Waals surface area contributed by atoms with Crippen LogP contribution in [0.2, 0.25) is 0 Å². The molecule has 3 nitrogen and oxygen atoms in total. The van der Waals surface area contributed by atoms with Gasteiger partial charge in [0.2, 0.25) is 0 Å². The number of alkyl halides is 3. The largest absolute Gasteiger partial charge is 0.416 e. The van der Waals surface area contributed by atoms with Crippen molar-refractivity contribution in [2.24, 2.45) is 7.05 Å². The number of rotatable bonds is 2. The highest BCUT2D eigenvalue weighted by molar-refractivity contribution is 5.26. The third-order valence-corrected chi connectivity index (χ3v) is 2.45. The summed E-state index contributed by atoms with van der Waals surface area (Å²) in [6.45, 7) is 0.